The zero-order valence-corrected chi connectivity index (χ0v) is 12.9. The van der Waals surface area contributed by atoms with E-state index in [9.17, 15) is 4.79 Å². The highest BCUT2D eigenvalue weighted by Crippen LogP contribution is 2.33. The number of rotatable bonds is 3. The summed E-state index contributed by atoms with van der Waals surface area (Å²) in [6.07, 6.45) is 3.74. The maximum absolute atomic E-state index is 12.4. The van der Waals surface area contributed by atoms with Crippen LogP contribution in [0.15, 0.2) is 0 Å². The molecule has 1 aliphatic heterocycles. The minimum Gasteiger partial charge on any atom is -0.353 e. The molecular formula is C16H30N2O. The van der Waals surface area contributed by atoms with E-state index in [0.29, 0.717) is 23.8 Å². The van der Waals surface area contributed by atoms with Crippen molar-refractivity contribution in [3.8, 4) is 0 Å². The highest BCUT2D eigenvalue weighted by atomic mass is 16.2. The quantitative estimate of drug-likeness (QED) is 0.823. The largest absolute Gasteiger partial charge is 0.353 e. The van der Waals surface area contributed by atoms with E-state index in [0.717, 1.165) is 25.4 Å². The van der Waals surface area contributed by atoms with Crippen LogP contribution in [0.1, 0.15) is 47.0 Å². The molecule has 0 aromatic heterocycles. The second-order valence-corrected chi connectivity index (χ2v) is 7.18. The lowest BCUT2D eigenvalue weighted by atomic mass is 9.74. The van der Waals surface area contributed by atoms with E-state index in [1.807, 2.05) is 0 Å². The first-order chi connectivity index (χ1) is 8.99. The lowest BCUT2D eigenvalue weighted by Gasteiger charge is -2.38. The fraction of sp³-hybridized carbons (Fsp3) is 0.938. The number of carbonyl (C=O) groups excluding carboxylic acids is 1. The van der Waals surface area contributed by atoms with Crippen LogP contribution in [0.3, 0.4) is 0 Å². The standard InChI is InChI=1S/C16H30N2O/c1-10(2)13-6-5-11(3)7-15(13)18-16(19)14-9-17-8-12(14)4/h10-15,17H,5-9H2,1-4H3,(H,18,19). The third-order valence-electron chi connectivity index (χ3n) is 5.20. The van der Waals surface area contributed by atoms with E-state index in [4.69, 9.17) is 0 Å². The van der Waals surface area contributed by atoms with Crippen molar-refractivity contribution >= 4 is 5.91 Å². The molecule has 2 rings (SSSR count). The van der Waals surface area contributed by atoms with Gasteiger partial charge in [0.25, 0.3) is 0 Å². The van der Waals surface area contributed by atoms with E-state index < -0.39 is 0 Å². The molecule has 0 radical (unpaired) electrons. The fourth-order valence-corrected chi connectivity index (χ4v) is 3.82. The number of nitrogens with one attached hydrogen (secondary N) is 2. The first-order valence-electron chi connectivity index (χ1n) is 8.00. The predicted molar refractivity (Wildman–Crippen MR) is 78.8 cm³/mol. The summed E-state index contributed by atoms with van der Waals surface area (Å²) in [4.78, 5) is 12.4. The Bertz CT molecular complexity index is 316. The summed E-state index contributed by atoms with van der Waals surface area (Å²) in [7, 11) is 0. The summed E-state index contributed by atoms with van der Waals surface area (Å²) in [5.41, 5.74) is 0. The normalized spacial score (nSPS) is 39.5. The van der Waals surface area contributed by atoms with Crippen molar-refractivity contribution in [2.24, 2.45) is 29.6 Å². The van der Waals surface area contributed by atoms with Gasteiger partial charge >= 0.3 is 0 Å². The summed E-state index contributed by atoms with van der Waals surface area (Å²) >= 11 is 0. The average molecular weight is 266 g/mol. The lowest BCUT2D eigenvalue weighted by molar-refractivity contribution is -0.127. The first kappa shape index (κ1) is 14.8. The van der Waals surface area contributed by atoms with Crippen molar-refractivity contribution in [2.45, 2.75) is 53.0 Å². The number of hydrogen-bond donors (Lipinski definition) is 2. The third kappa shape index (κ3) is 3.50. The van der Waals surface area contributed by atoms with Gasteiger partial charge in [-0.3, -0.25) is 4.79 Å². The van der Waals surface area contributed by atoms with Gasteiger partial charge in [-0.2, -0.15) is 0 Å². The third-order valence-corrected chi connectivity index (χ3v) is 5.20. The maximum atomic E-state index is 12.4. The fourth-order valence-electron chi connectivity index (χ4n) is 3.82. The number of hydrogen-bond acceptors (Lipinski definition) is 2. The predicted octanol–water partition coefficient (Wildman–Crippen LogP) is 2.42. The summed E-state index contributed by atoms with van der Waals surface area (Å²) in [6.45, 7) is 10.9. The SMILES string of the molecule is CC1CCC(C(C)C)C(NC(=O)C2CNCC2C)C1. The van der Waals surface area contributed by atoms with Crippen molar-refractivity contribution in [1.82, 2.24) is 10.6 Å². The summed E-state index contributed by atoms with van der Waals surface area (Å²) in [5.74, 6) is 2.99. The molecule has 3 heteroatoms. The van der Waals surface area contributed by atoms with Crippen molar-refractivity contribution in [3.63, 3.8) is 0 Å². The van der Waals surface area contributed by atoms with Gasteiger partial charge in [-0.25, -0.2) is 0 Å². The van der Waals surface area contributed by atoms with Crippen LogP contribution in [0.5, 0.6) is 0 Å². The monoisotopic (exact) mass is 266 g/mol. The molecule has 3 nitrogen and oxygen atoms in total. The van der Waals surface area contributed by atoms with Gasteiger partial charge < -0.3 is 10.6 Å². The van der Waals surface area contributed by atoms with Gasteiger partial charge in [0.2, 0.25) is 5.91 Å². The Kier molecular flexibility index (Phi) is 4.88. The van der Waals surface area contributed by atoms with Crippen molar-refractivity contribution in [3.05, 3.63) is 0 Å². The molecule has 1 heterocycles. The van der Waals surface area contributed by atoms with Crippen LogP contribution < -0.4 is 10.6 Å². The zero-order chi connectivity index (χ0) is 14.0. The molecule has 19 heavy (non-hydrogen) atoms. The van der Waals surface area contributed by atoms with Gasteiger partial charge in [0.1, 0.15) is 0 Å². The van der Waals surface area contributed by atoms with E-state index in [1.165, 1.54) is 12.8 Å². The number of amides is 1. The molecule has 0 bridgehead atoms. The number of carbonyl (C=O) groups is 1. The highest BCUT2D eigenvalue weighted by Gasteiger charge is 2.35. The Morgan fingerprint density at radius 2 is 1.95 bits per heavy atom. The lowest BCUT2D eigenvalue weighted by Crippen LogP contribution is -2.48. The minimum atomic E-state index is 0.171. The van der Waals surface area contributed by atoms with Crippen molar-refractivity contribution in [1.29, 1.82) is 0 Å². The van der Waals surface area contributed by atoms with Gasteiger partial charge in [-0.15, -0.1) is 0 Å². The smallest absolute Gasteiger partial charge is 0.224 e. The van der Waals surface area contributed by atoms with Crippen LogP contribution in [0.2, 0.25) is 0 Å². The molecule has 1 saturated heterocycles. The Hall–Kier alpha value is -0.570. The molecule has 5 atom stereocenters. The van der Waals surface area contributed by atoms with E-state index in [1.54, 1.807) is 0 Å². The Balaban J connectivity index is 1.96. The van der Waals surface area contributed by atoms with Crippen molar-refractivity contribution < 1.29 is 4.79 Å². The molecule has 5 unspecified atom stereocenters. The molecule has 0 aromatic carbocycles. The maximum Gasteiger partial charge on any atom is 0.224 e. The second-order valence-electron chi connectivity index (χ2n) is 7.18. The van der Waals surface area contributed by atoms with Crippen LogP contribution in [0, 0.1) is 29.6 Å². The van der Waals surface area contributed by atoms with E-state index in [2.05, 4.69) is 38.3 Å². The van der Waals surface area contributed by atoms with Crippen LogP contribution in [0.25, 0.3) is 0 Å². The van der Waals surface area contributed by atoms with Crippen LogP contribution in [-0.2, 0) is 4.79 Å². The van der Waals surface area contributed by atoms with Crippen LogP contribution in [-0.4, -0.2) is 25.0 Å². The van der Waals surface area contributed by atoms with Crippen molar-refractivity contribution in [2.75, 3.05) is 13.1 Å². The van der Waals surface area contributed by atoms with E-state index in [-0.39, 0.29) is 11.8 Å². The molecular weight excluding hydrogens is 236 g/mol. The molecule has 0 aromatic rings. The highest BCUT2D eigenvalue weighted by molar-refractivity contribution is 5.79. The minimum absolute atomic E-state index is 0.171. The Morgan fingerprint density at radius 3 is 2.53 bits per heavy atom. The zero-order valence-electron chi connectivity index (χ0n) is 12.9. The topological polar surface area (TPSA) is 41.1 Å². The molecule has 2 aliphatic rings. The van der Waals surface area contributed by atoms with Gasteiger partial charge in [0.15, 0.2) is 0 Å². The van der Waals surface area contributed by atoms with Gasteiger partial charge in [0.05, 0.1) is 5.92 Å². The summed E-state index contributed by atoms with van der Waals surface area (Å²) in [5, 5.41) is 6.70. The molecule has 110 valence electrons. The van der Waals surface area contributed by atoms with E-state index >= 15 is 0 Å². The molecule has 2 fully saturated rings. The van der Waals surface area contributed by atoms with Gasteiger partial charge in [-0.1, -0.05) is 34.1 Å². The summed E-state index contributed by atoms with van der Waals surface area (Å²) in [6, 6.07) is 0.393. The molecule has 2 N–H and O–H groups in total. The molecule has 1 saturated carbocycles. The van der Waals surface area contributed by atoms with Crippen LogP contribution in [0.4, 0.5) is 0 Å². The molecule has 0 spiro atoms. The Morgan fingerprint density at radius 1 is 1.21 bits per heavy atom. The Labute approximate surface area is 117 Å². The molecule has 1 amide bonds. The second kappa shape index (κ2) is 6.25. The molecule has 1 aliphatic carbocycles. The van der Waals surface area contributed by atoms with Gasteiger partial charge in [-0.05, 0) is 43.1 Å². The van der Waals surface area contributed by atoms with Gasteiger partial charge in [0, 0.05) is 12.6 Å². The summed E-state index contributed by atoms with van der Waals surface area (Å²) < 4.78 is 0. The first-order valence-corrected chi connectivity index (χ1v) is 8.00. The average Bonchev–Trinajstić information content (AvgIpc) is 2.75. The van der Waals surface area contributed by atoms with Crippen LogP contribution >= 0.6 is 0 Å².